The van der Waals surface area contributed by atoms with Crippen LogP contribution in [0.3, 0.4) is 0 Å². The highest BCUT2D eigenvalue weighted by molar-refractivity contribution is 8.00. The third kappa shape index (κ3) is 4.65. The summed E-state index contributed by atoms with van der Waals surface area (Å²) in [5.41, 5.74) is 0.379. The number of rotatable bonds is 6. The molecule has 1 aliphatic rings. The molecule has 0 aliphatic carbocycles. The summed E-state index contributed by atoms with van der Waals surface area (Å²) >= 11 is 7.07. The molecule has 3 rings (SSSR count). The first-order chi connectivity index (χ1) is 12.0. The molecular formula is C16H19ClN4O3S. The van der Waals surface area contributed by atoms with Gasteiger partial charge in [0, 0.05) is 17.3 Å². The predicted octanol–water partition coefficient (Wildman–Crippen LogP) is 2.52. The number of thioether (sulfide) groups is 1. The number of amides is 1. The first-order valence-electron chi connectivity index (χ1n) is 8.03. The van der Waals surface area contributed by atoms with Crippen LogP contribution in [0.25, 0.3) is 0 Å². The van der Waals surface area contributed by atoms with Crippen molar-refractivity contribution >= 4 is 35.0 Å². The van der Waals surface area contributed by atoms with E-state index in [2.05, 4.69) is 15.5 Å². The molecule has 0 spiro atoms. The fraction of sp³-hybridized carbons (Fsp3) is 0.438. The molecule has 1 aliphatic heterocycles. The van der Waals surface area contributed by atoms with E-state index in [1.807, 2.05) is 0 Å². The van der Waals surface area contributed by atoms with Gasteiger partial charge in [-0.15, -0.1) is 5.10 Å². The minimum Gasteiger partial charge on any atom is -0.376 e. The van der Waals surface area contributed by atoms with E-state index >= 15 is 0 Å². The summed E-state index contributed by atoms with van der Waals surface area (Å²) in [4.78, 5) is 24.3. The van der Waals surface area contributed by atoms with Crippen LogP contribution < -0.4 is 11.0 Å². The number of nitrogens with zero attached hydrogens (tertiary/aromatic N) is 2. The monoisotopic (exact) mass is 382 g/mol. The summed E-state index contributed by atoms with van der Waals surface area (Å²) < 4.78 is 7.11. The number of ether oxygens (including phenoxy) is 1. The van der Waals surface area contributed by atoms with Gasteiger partial charge in [0.15, 0.2) is 5.16 Å². The maximum Gasteiger partial charge on any atom is 0.344 e. The molecule has 0 radical (unpaired) electrons. The van der Waals surface area contributed by atoms with Crippen LogP contribution in [0, 0.1) is 0 Å². The van der Waals surface area contributed by atoms with E-state index in [0.717, 1.165) is 19.4 Å². The maximum absolute atomic E-state index is 12.3. The Morgan fingerprint density at radius 1 is 1.52 bits per heavy atom. The van der Waals surface area contributed by atoms with E-state index < -0.39 is 5.25 Å². The Morgan fingerprint density at radius 2 is 2.28 bits per heavy atom. The highest BCUT2D eigenvalue weighted by Crippen LogP contribution is 2.23. The predicted molar refractivity (Wildman–Crippen MR) is 97.2 cm³/mol. The van der Waals surface area contributed by atoms with Gasteiger partial charge in [0.25, 0.3) is 0 Å². The summed E-state index contributed by atoms with van der Waals surface area (Å²) in [6.45, 7) is 2.94. The van der Waals surface area contributed by atoms with Gasteiger partial charge in [0.05, 0.1) is 17.9 Å². The molecule has 134 valence electrons. The van der Waals surface area contributed by atoms with Gasteiger partial charge < -0.3 is 10.1 Å². The van der Waals surface area contributed by atoms with Crippen LogP contribution in [0.1, 0.15) is 19.8 Å². The number of H-pyrrole nitrogens is 1. The SMILES string of the molecule is CC(Sc1n[nH]c(=O)n1CC1CCCO1)C(=O)Nc1ccc(Cl)cc1. The largest absolute Gasteiger partial charge is 0.376 e. The van der Waals surface area contributed by atoms with E-state index in [1.165, 1.54) is 16.3 Å². The number of aromatic amines is 1. The van der Waals surface area contributed by atoms with E-state index in [0.29, 0.717) is 22.4 Å². The molecule has 1 fully saturated rings. The molecule has 0 saturated carbocycles. The Bertz CT molecular complexity index is 783. The molecule has 1 saturated heterocycles. The summed E-state index contributed by atoms with van der Waals surface area (Å²) in [5, 5.41) is 9.97. The van der Waals surface area contributed by atoms with Crippen LogP contribution in [0.5, 0.6) is 0 Å². The first-order valence-corrected chi connectivity index (χ1v) is 9.28. The number of nitrogens with one attached hydrogen (secondary N) is 2. The zero-order chi connectivity index (χ0) is 17.8. The van der Waals surface area contributed by atoms with E-state index in [1.54, 1.807) is 31.2 Å². The van der Waals surface area contributed by atoms with Crippen LogP contribution in [0.4, 0.5) is 5.69 Å². The second-order valence-electron chi connectivity index (χ2n) is 5.81. The second kappa shape index (κ2) is 8.07. The normalized spacial score (nSPS) is 18.2. The Hall–Kier alpha value is -1.77. The topological polar surface area (TPSA) is 89.0 Å². The number of carbonyl (C=O) groups excluding carboxylic acids is 1. The number of halogens is 1. The molecule has 1 amide bonds. The second-order valence-corrected chi connectivity index (χ2v) is 7.56. The third-order valence-electron chi connectivity index (χ3n) is 3.90. The van der Waals surface area contributed by atoms with Gasteiger partial charge in [-0.25, -0.2) is 9.89 Å². The summed E-state index contributed by atoms with van der Waals surface area (Å²) in [6.07, 6.45) is 1.95. The summed E-state index contributed by atoms with van der Waals surface area (Å²) in [5.74, 6) is -0.175. The molecule has 2 atom stereocenters. The number of hydrogen-bond donors (Lipinski definition) is 2. The summed E-state index contributed by atoms with van der Waals surface area (Å²) in [6, 6.07) is 6.89. The van der Waals surface area contributed by atoms with E-state index in [-0.39, 0.29) is 17.7 Å². The van der Waals surface area contributed by atoms with Crippen molar-refractivity contribution in [1.82, 2.24) is 14.8 Å². The Morgan fingerprint density at radius 3 is 2.96 bits per heavy atom. The average Bonchev–Trinajstić information content (AvgIpc) is 3.22. The molecule has 2 aromatic rings. The molecule has 1 aromatic carbocycles. The van der Waals surface area contributed by atoms with Gasteiger partial charge in [-0.3, -0.25) is 9.36 Å². The van der Waals surface area contributed by atoms with Gasteiger partial charge in [0.1, 0.15) is 0 Å². The number of anilines is 1. The third-order valence-corrected chi connectivity index (χ3v) is 5.24. The molecule has 1 aromatic heterocycles. The lowest BCUT2D eigenvalue weighted by molar-refractivity contribution is -0.115. The number of aromatic nitrogens is 3. The number of hydrogen-bond acceptors (Lipinski definition) is 5. The Kier molecular flexibility index (Phi) is 5.82. The molecule has 2 unspecified atom stereocenters. The Labute approximate surface area is 154 Å². The van der Waals surface area contributed by atoms with Crippen molar-refractivity contribution in [1.29, 1.82) is 0 Å². The van der Waals surface area contributed by atoms with Crippen molar-refractivity contribution in [3.05, 3.63) is 39.8 Å². The minimum atomic E-state index is -0.422. The summed E-state index contributed by atoms with van der Waals surface area (Å²) in [7, 11) is 0. The Balaban J connectivity index is 1.63. The van der Waals surface area contributed by atoms with Crippen LogP contribution in [-0.2, 0) is 16.1 Å². The maximum atomic E-state index is 12.3. The minimum absolute atomic E-state index is 0.0212. The van der Waals surface area contributed by atoms with Gasteiger partial charge in [-0.1, -0.05) is 23.4 Å². The quantitative estimate of drug-likeness (QED) is 0.749. The van der Waals surface area contributed by atoms with Crippen LogP contribution >= 0.6 is 23.4 Å². The number of benzene rings is 1. The van der Waals surface area contributed by atoms with Crippen molar-refractivity contribution in [2.45, 2.75) is 42.8 Å². The van der Waals surface area contributed by atoms with Gasteiger partial charge in [-0.2, -0.15) is 0 Å². The molecule has 0 bridgehead atoms. The van der Waals surface area contributed by atoms with Crippen LogP contribution in [0.15, 0.2) is 34.2 Å². The molecule has 2 N–H and O–H groups in total. The average molecular weight is 383 g/mol. The molecule has 2 heterocycles. The zero-order valence-electron chi connectivity index (χ0n) is 13.7. The van der Waals surface area contributed by atoms with Gasteiger partial charge in [0.2, 0.25) is 5.91 Å². The lowest BCUT2D eigenvalue weighted by atomic mass is 10.2. The lowest BCUT2D eigenvalue weighted by Crippen LogP contribution is -2.26. The highest BCUT2D eigenvalue weighted by atomic mass is 35.5. The smallest absolute Gasteiger partial charge is 0.344 e. The van der Waals surface area contributed by atoms with Crippen molar-refractivity contribution in [2.24, 2.45) is 0 Å². The highest BCUT2D eigenvalue weighted by Gasteiger charge is 2.22. The van der Waals surface area contributed by atoms with Crippen molar-refractivity contribution in [3.8, 4) is 0 Å². The van der Waals surface area contributed by atoms with Crippen molar-refractivity contribution in [2.75, 3.05) is 11.9 Å². The van der Waals surface area contributed by atoms with E-state index in [4.69, 9.17) is 16.3 Å². The molecule has 25 heavy (non-hydrogen) atoms. The van der Waals surface area contributed by atoms with Crippen LogP contribution in [-0.4, -0.2) is 38.6 Å². The fourth-order valence-corrected chi connectivity index (χ4v) is 3.53. The van der Waals surface area contributed by atoms with E-state index in [9.17, 15) is 9.59 Å². The van der Waals surface area contributed by atoms with Crippen LogP contribution in [0.2, 0.25) is 5.02 Å². The van der Waals surface area contributed by atoms with Gasteiger partial charge >= 0.3 is 5.69 Å². The van der Waals surface area contributed by atoms with Crippen molar-refractivity contribution < 1.29 is 9.53 Å². The van der Waals surface area contributed by atoms with Crippen molar-refractivity contribution in [3.63, 3.8) is 0 Å². The fourth-order valence-electron chi connectivity index (χ4n) is 2.53. The standard InChI is InChI=1S/C16H19ClN4O3S/c1-10(14(22)18-12-6-4-11(17)5-7-12)25-16-20-19-15(23)21(16)9-13-3-2-8-24-13/h4-7,10,13H,2-3,8-9H2,1H3,(H,18,22)(H,19,23). The molecule has 7 nitrogen and oxygen atoms in total. The first kappa shape index (κ1) is 18.0. The molecule has 9 heteroatoms. The van der Waals surface area contributed by atoms with Gasteiger partial charge in [-0.05, 0) is 44.0 Å². The number of carbonyl (C=O) groups is 1. The lowest BCUT2D eigenvalue weighted by Gasteiger charge is -2.14. The zero-order valence-corrected chi connectivity index (χ0v) is 15.3. The molecular weight excluding hydrogens is 364 g/mol.